The molecule has 0 radical (unpaired) electrons. The van der Waals surface area contributed by atoms with Crippen molar-refractivity contribution in [2.75, 3.05) is 10.6 Å². The van der Waals surface area contributed by atoms with Gasteiger partial charge in [-0.1, -0.05) is 66.2 Å². The van der Waals surface area contributed by atoms with Crippen molar-refractivity contribution in [1.82, 2.24) is 14.8 Å². The van der Waals surface area contributed by atoms with Gasteiger partial charge in [0.05, 0.1) is 6.42 Å². The van der Waals surface area contributed by atoms with Gasteiger partial charge in [0.1, 0.15) is 6.04 Å². The van der Waals surface area contributed by atoms with Crippen LogP contribution in [-0.2, 0) is 9.59 Å². The summed E-state index contributed by atoms with van der Waals surface area (Å²) in [6.45, 7) is 2.01. The smallest absolute Gasteiger partial charge is 0.252 e. The second-order valence-electron chi connectivity index (χ2n) is 7.35. The third kappa shape index (κ3) is 3.20. The SMILES string of the molecule is Cc1ccc(-c2nc3n(n2)[C@H](CC(=O)Nc2cccc4ccccc24)C(=O)N3)cc1. The van der Waals surface area contributed by atoms with E-state index in [0.717, 1.165) is 27.6 Å². The fourth-order valence-corrected chi connectivity index (χ4v) is 3.65. The van der Waals surface area contributed by atoms with Crippen LogP contribution in [0.3, 0.4) is 0 Å². The first-order valence-corrected chi connectivity index (χ1v) is 9.70. The molecule has 0 aliphatic carbocycles. The zero-order valence-electron chi connectivity index (χ0n) is 16.3. The molecule has 7 heteroatoms. The predicted molar refractivity (Wildman–Crippen MR) is 115 cm³/mol. The van der Waals surface area contributed by atoms with Crippen molar-refractivity contribution in [3.8, 4) is 11.4 Å². The Hall–Kier alpha value is -4.00. The highest BCUT2D eigenvalue weighted by atomic mass is 16.2. The number of fused-ring (bicyclic) bond motifs is 2. The Morgan fingerprint density at radius 2 is 1.83 bits per heavy atom. The maximum absolute atomic E-state index is 12.7. The van der Waals surface area contributed by atoms with Gasteiger partial charge in [0.15, 0.2) is 5.82 Å². The molecule has 0 bridgehead atoms. The van der Waals surface area contributed by atoms with E-state index in [1.165, 1.54) is 4.68 Å². The molecule has 3 aromatic carbocycles. The van der Waals surface area contributed by atoms with Crippen LogP contribution in [0.2, 0.25) is 0 Å². The van der Waals surface area contributed by atoms with E-state index in [1.54, 1.807) is 0 Å². The van der Waals surface area contributed by atoms with Crippen LogP contribution in [0.5, 0.6) is 0 Å². The summed E-state index contributed by atoms with van der Waals surface area (Å²) in [5.41, 5.74) is 2.72. The molecule has 0 spiro atoms. The molecule has 7 nitrogen and oxygen atoms in total. The van der Waals surface area contributed by atoms with Gasteiger partial charge < -0.3 is 5.32 Å². The van der Waals surface area contributed by atoms with Crippen molar-refractivity contribution in [2.24, 2.45) is 0 Å². The van der Waals surface area contributed by atoms with E-state index in [9.17, 15) is 9.59 Å². The average molecular weight is 397 g/mol. The van der Waals surface area contributed by atoms with Crippen LogP contribution < -0.4 is 10.6 Å². The van der Waals surface area contributed by atoms with Gasteiger partial charge in [0.2, 0.25) is 11.9 Å². The average Bonchev–Trinajstić information content (AvgIpc) is 3.27. The van der Waals surface area contributed by atoms with Crippen molar-refractivity contribution in [3.05, 3.63) is 72.3 Å². The molecule has 0 unspecified atom stereocenters. The van der Waals surface area contributed by atoms with Gasteiger partial charge in [0.25, 0.3) is 5.91 Å². The van der Waals surface area contributed by atoms with E-state index in [-0.39, 0.29) is 18.2 Å². The summed E-state index contributed by atoms with van der Waals surface area (Å²) in [6.07, 6.45) is -0.0290. The van der Waals surface area contributed by atoms with Crippen molar-refractivity contribution in [3.63, 3.8) is 0 Å². The van der Waals surface area contributed by atoms with Gasteiger partial charge in [-0.05, 0) is 18.4 Å². The second kappa shape index (κ2) is 7.11. The molecule has 0 saturated heterocycles. The largest absolute Gasteiger partial charge is 0.325 e. The van der Waals surface area contributed by atoms with Crippen molar-refractivity contribution >= 4 is 34.2 Å². The number of hydrogen-bond acceptors (Lipinski definition) is 4. The summed E-state index contributed by atoms with van der Waals surface area (Å²) in [5, 5.41) is 12.1. The van der Waals surface area contributed by atoms with Crippen LogP contribution in [0.1, 0.15) is 18.0 Å². The van der Waals surface area contributed by atoms with E-state index >= 15 is 0 Å². The van der Waals surface area contributed by atoms with Gasteiger partial charge in [-0.15, -0.1) is 5.10 Å². The molecule has 1 aliphatic heterocycles. The molecule has 4 aromatic rings. The molecule has 5 rings (SSSR count). The summed E-state index contributed by atoms with van der Waals surface area (Å²) in [4.78, 5) is 29.5. The number of nitrogens with one attached hydrogen (secondary N) is 2. The molecular weight excluding hydrogens is 378 g/mol. The molecule has 2 amide bonds. The first kappa shape index (κ1) is 18.1. The summed E-state index contributed by atoms with van der Waals surface area (Å²) < 4.78 is 1.50. The van der Waals surface area contributed by atoms with Gasteiger partial charge in [-0.2, -0.15) is 4.98 Å². The zero-order chi connectivity index (χ0) is 20.7. The quantitative estimate of drug-likeness (QED) is 0.546. The minimum absolute atomic E-state index is 0.0290. The van der Waals surface area contributed by atoms with E-state index in [4.69, 9.17) is 0 Å². The fraction of sp³-hybridized carbons (Fsp3) is 0.130. The number of aryl methyl sites for hydroxylation is 1. The van der Waals surface area contributed by atoms with Crippen LogP contribution in [-0.4, -0.2) is 26.6 Å². The lowest BCUT2D eigenvalue weighted by Gasteiger charge is -2.11. The normalized spacial score (nSPS) is 15.1. The van der Waals surface area contributed by atoms with Crippen molar-refractivity contribution < 1.29 is 9.59 Å². The third-order valence-electron chi connectivity index (χ3n) is 5.22. The third-order valence-corrected chi connectivity index (χ3v) is 5.22. The van der Waals surface area contributed by atoms with Crippen LogP contribution in [0.4, 0.5) is 11.6 Å². The van der Waals surface area contributed by atoms with Crippen LogP contribution in [0.15, 0.2) is 66.7 Å². The second-order valence-corrected chi connectivity index (χ2v) is 7.35. The first-order valence-electron chi connectivity index (χ1n) is 9.70. The summed E-state index contributed by atoms with van der Waals surface area (Å²) in [7, 11) is 0. The Morgan fingerprint density at radius 3 is 2.67 bits per heavy atom. The van der Waals surface area contributed by atoms with Gasteiger partial charge in [0, 0.05) is 16.6 Å². The van der Waals surface area contributed by atoms with Crippen LogP contribution >= 0.6 is 0 Å². The van der Waals surface area contributed by atoms with Crippen molar-refractivity contribution in [1.29, 1.82) is 0 Å². The molecule has 148 valence electrons. The number of nitrogens with zero attached hydrogens (tertiary/aromatic N) is 3. The van der Waals surface area contributed by atoms with E-state index in [0.29, 0.717) is 11.8 Å². The predicted octanol–water partition coefficient (Wildman–Crippen LogP) is 3.93. The number of benzene rings is 3. The molecule has 1 atom stereocenters. The number of aromatic nitrogens is 3. The molecule has 0 fully saturated rings. The summed E-state index contributed by atoms with van der Waals surface area (Å²) in [6, 6.07) is 20.7. The zero-order valence-corrected chi connectivity index (χ0v) is 16.3. The fourth-order valence-electron chi connectivity index (χ4n) is 3.65. The highest BCUT2D eigenvalue weighted by molar-refractivity contribution is 6.05. The standard InChI is InChI=1S/C23H19N5O2/c1-14-9-11-16(12-10-14)21-25-23-26-22(30)19(28(23)27-21)13-20(29)24-18-8-4-6-15-5-2-3-7-17(15)18/h2-12,19H,13H2,1H3,(H,24,29)(H,25,26,27,30)/t19-/m1/s1. The number of rotatable bonds is 4. The number of carbonyl (C=O) groups is 2. The van der Waals surface area contributed by atoms with E-state index < -0.39 is 6.04 Å². The Morgan fingerprint density at radius 1 is 1.07 bits per heavy atom. The van der Waals surface area contributed by atoms with E-state index in [2.05, 4.69) is 20.7 Å². The maximum Gasteiger partial charge on any atom is 0.252 e. The minimum atomic E-state index is -0.735. The van der Waals surface area contributed by atoms with Crippen molar-refractivity contribution in [2.45, 2.75) is 19.4 Å². The lowest BCUT2D eigenvalue weighted by molar-refractivity contribution is -0.123. The van der Waals surface area contributed by atoms with Gasteiger partial charge in [-0.25, -0.2) is 4.68 Å². The Kier molecular flexibility index (Phi) is 4.28. The van der Waals surface area contributed by atoms with Crippen LogP contribution in [0.25, 0.3) is 22.2 Å². The van der Waals surface area contributed by atoms with Gasteiger partial charge in [-0.3, -0.25) is 14.9 Å². The molecular formula is C23H19N5O2. The first-order chi connectivity index (χ1) is 14.6. The molecule has 1 aromatic heterocycles. The Balaban J connectivity index is 1.37. The number of hydrogen-bond donors (Lipinski definition) is 2. The molecule has 0 saturated carbocycles. The minimum Gasteiger partial charge on any atom is -0.325 e. The highest BCUT2D eigenvalue weighted by Crippen LogP contribution is 2.29. The molecule has 30 heavy (non-hydrogen) atoms. The Bertz CT molecular complexity index is 1270. The number of amides is 2. The Labute approximate surface area is 172 Å². The molecule has 2 heterocycles. The van der Waals surface area contributed by atoms with E-state index in [1.807, 2.05) is 73.7 Å². The highest BCUT2D eigenvalue weighted by Gasteiger charge is 2.35. The van der Waals surface area contributed by atoms with Gasteiger partial charge >= 0.3 is 0 Å². The topological polar surface area (TPSA) is 88.9 Å². The molecule has 1 aliphatic rings. The number of carbonyl (C=O) groups excluding carboxylic acids is 2. The molecule has 2 N–H and O–H groups in total. The summed E-state index contributed by atoms with van der Waals surface area (Å²) >= 11 is 0. The maximum atomic E-state index is 12.7. The summed E-state index contributed by atoms with van der Waals surface area (Å²) in [5.74, 6) is 0.336. The number of anilines is 2. The lowest BCUT2D eigenvalue weighted by Crippen LogP contribution is -2.23. The lowest BCUT2D eigenvalue weighted by atomic mass is 10.1. The van der Waals surface area contributed by atoms with Crippen LogP contribution in [0, 0.1) is 6.92 Å². The monoisotopic (exact) mass is 397 g/mol.